The second-order valence-electron chi connectivity index (χ2n) is 4.16. The highest BCUT2D eigenvalue weighted by atomic mass is 19.1. The average Bonchev–Trinajstić information content (AvgIpc) is 2.08. The van der Waals surface area contributed by atoms with E-state index in [9.17, 15) is 4.39 Å². The van der Waals surface area contributed by atoms with E-state index in [-0.39, 0.29) is 11.9 Å². The molecule has 1 aromatic carbocycles. The van der Waals surface area contributed by atoms with Crippen LogP contribution in [0.1, 0.15) is 19.4 Å². The topological polar surface area (TPSA) is 12.5 Å². The first kappa shape index (κ1) is 12.0. The van der Waals surface area contributed by atoms with Crippen molar-refractivity contribution in [2.24, 2.45) is 0 Å². The van der Waals surface area contributed by atoms with Crippen LogP contribution in [0.2, 0.25) is 0 Å². The molecule has 0 saturated carbocycles. The van der Waals surface area contributed by atoms with Crippen LogP contribution in [0.15, 0.2) is 18.2 Å². The predicted molar refractivity (Wildman–Crippen MR) is 59.6 cm³/mol. The van der Waals surface area contributed by atoms with Gasteiger partial charge >= 0.3 is 0 Å². The first-order valence-corrected chi connectivity index (χ1v) is 5.09. The van der Waals surface area contributed by atoms with Crippen molar-refractivity contribution in [2.75, 3.05) is 14.1 Å². The van der Waals surface area contributed by atoms with Crippen LogP contribution in [-0.2, 0) is 6.54 Å². The van der Waals surface area contributed by atoms with E-state index in [1.54, 1.807) is 6.07 Å². The van der Waals surface area contributed by atoms with Gasteiger partial charge in [0.05, 0.1) is 6.10 Å². The van der Waals surface area contributed by atoms with Gasteiger partial charge in [0.15, 0.2) is 0 Å². The molecule has 3 heteroatoms. The lowest BCUT2D eigenvalue weighted by atomic mass is 10.2. The van der Waals surface area contributed by atoms with Crippen LogP contribution in [0.25, 0.3) is 0 Å². The lowest BCUT2D eigenvalue weighted by Gasteiger charge is -2.17. The second-order valence-corrected chi connectivity index (χ2v) is 4.16. The monoisotopic (exact) mass is 211 g/mol. The molecule has 0 saturated heterocycles. The van der Waals surface area contributed by atoms with Crippen molar-refractivity contribution in [3.8, 4) is 5.75 Å². The number of hydrogen-bond acceptors (Lipinski definition) is 2. The number of benzene rings is 1. The normalized spacial score (nSPS) is 11.1. The van der Waals surface area contributed by atoms with Gasteiger partial charge in [0, 0.05) is 12.1 Å². The van der Waals surface area contributed by atoms with Gasteiger partial charge in [-0.2, -0.15) is 0 Å². The number of hydrogen-bond donors (Lipinski definition) is 0. The molecule has 1 rings (SSSR count). The van der Waals surface area contributed by atoms with Gasteiger partial charge in [-0.1, -0.05) is 0 Å². The van der Waals surface area contributed by atoms with Gasteiger partial charge in [0.2, 0.25) is 0 Å². The van der Waals surface area contributed by atoms with Gasteiger partial charge in [-0.3, -0.25) is 0 Å². The molecule has 0 aromatic heterocycles. The molecule has 0 N–H and O–H groups in total. The standard InChI is InChI=1S/C12H18FNO/c1-9(2)15-12-6-5-11(13)7-10(12)8-14(3)4/h5-7,9H,8H2,1-4H3. The lowest BCUT2D eigenvalue weighted by Crippen LogP contribution is -2.14. The number of nitrogens with zero attached hydrogens (tertiary/aromatic N) is 1. The van der Waals surface area contributed by atoms with Crippen LogP contribution >= 0.6 is 0 Å². The lowest BCUT2D eigenvalue weighted by molar-refractivity contribution is 0.236. The molecule has 0 aliphatic heterocycles. The zero-order valence-electron chi connectivity index (χ0n) is 9.75. The highest BCUT2D eigenvalue weighted by Gasteiger charge is 2.07. The molecule has 0 aliphatic rings. The first-order valence-electron chi connectivity index (χ1n) is 5.09. The minimum Gasteiger partial charge on any atom is -0.491 e. The average molecular weight is 211 g/mol. The van der Waals surface area contributed by atoms with E-state index in [1.165, 1.54) is 12.1 Å². The summed E-state index contributed by atoms with van der Waals surface area (Å²) in [6.45, 7) is 4.60. The maximum atomic E-state index is 13.1. The zero-order valence-corrected chi connectivity index (χ0v) is 9.75. The summed E-state index contributed by atoms with van der Waals surface area (Å²) in [4.78, 5) is 1.99. The summed E-state index contributed by atoms with van der Waals surface area (Å²) in [6.07, 6.45) is 0.108. The number of rotatable bonds is 4. The summed E-state index contributed by atoms with van der Waals surface area (Å²) in [5.74, 6) is 0.544. The van der Waals surface area contributed by atoms with Crippen LogP contribution in [-0.4, -0.2) is 25.1 Å². The number of ether oxygens (including phenoxy) is 1. The fourth-order valence-corrected chi connectivity index (χ4v) is 1.38. The van der Waals surface area contributed by atoms with Crippen molar-refractivity contribution in [3.05, 3.63) is 29.6 Å². The predicted octanol–water partition coefficient (Wildman–Crippen LogP) is 2.67. The SMILES string of the molecule is CC(C)Oc1ccc(F)cc1CN(C)C. The fourth-order valence-electron chi connectivity index (χ4n) is 1.38. The molecule has 2 nitrogen and oxygen atoms in total. The molecule has 0 aliphatic carbocycles. The summed E-state index contributed by atoms with van der Waals surface area (Å²) in [6, 6.07) is 4.64. The Morgan fingerprint density at radius 2 is 2.00 bits per heavy atom. The zero-order chi connectivity index (χ0) is 11.4. The summed E-state index contributed by atoms with van der Waals surface area (Å²) < 4.78 is 18.7. The van der Waals surface area contributed by atoms with Gasteiger partial charge in [-0.05, 0) is 46.1 Å². The van der Waals surface area contributed by atoms with Gasteiger partial charge in [0.1, 0.15) is 11.6 Å². The highest BCUT2D eigenvalue weighted by molar-refractivity contribution is 5.34. The Balaban J connectivity index is 2.92. The Bertz CT molecular complexity index is 323. The Labute approximate surface area is 90.7 Å². The summed E-state index contributed by atoms with van der Waals surface area (Å²) in [7, 11) is 3.90. The number of halogens is 1. The van der Waals surface area contributed by atoms with E-state index < -0.39 is 0 Å². The molecule has 0 unspecified atom stereocenters. The van der Waals surface area contributed by atoms with E-state index in [2.05, 4.69) is 0 Å². The third-order valence-corrected chi connectivity index (χ3v) is 1.87. The van der Waals surface area contributed by atoms with E-state index in [4.69, 9.17) is 4.74 Å². The molecule has 0 heterocycles. The Morgan fingerprint density at radius 3 is 2.53 bits per heavy atom. The highest BCUT2D eigenvalue weighted by Crippen LogP contribution is 2.21. The smallest absolute Gasteiger partial charge is 0.124 e. The molecule has 0 spiro atoms. The molecule has 0 fully saturated rings. The summed E-state index contributed by atoms with van der Waals surface area (Å²) >= 11 is 0. The third-order valence-electron chi connectivity index (χ3n) is 1.87. The van der Waals surface area contributed by atoms with Crippen molar-refractivity contribution in [3.63, 3.8) is 0 Å². The quantitative estimate of drug-likeness (QED) is 0.759. The van der Waals surface area contributed by atoms with Crippen molar-refractivity contribution in [1.29, 1.82) is 0 Å². The molecule has 84 valence electrons. The molecule has 0 bridgehead atoms. The van der Waals surface area contributed by atoms with Gasteiger partial charge < -0.3 is 9.64 Å². The van der Waals surface area contributed by atoms with Gasteiger partial charge in [0.25, 0.3) is 0 Å². The van der Waals surface area contributed by atoms with Crippen LogP contribution in [0.4, 0.5) is 4.39 Å². The van der Waals surface area contributed by atoms with Gasteiger partial charge in [-0.25, -0.2) is 4.39 Å². The largest absolute Gasteiger partial charge is 0.491 e. The van der Waals surface area contributed by atoms with Crippen LogP contribution < -0.4 is 4.74 Å². The first-order chi connectivity index (χ1) is 6.99. The molecule has 0 amide bonds. The van der Waals surface area contributed by atoms with Crippen molar-refractivity contribution < 1.29 is 9.13 Å². The molecule has 1 aromatic rings. The molecular weight excluding hydrogens is 193 g/mol. The van der Waals surface area contributed by atoms with Crippen LogP contribution in [0.5, 0.6) is 5.75 Å². The maximum absolute atomic E-state index is 13.1. The van der Waals surface area contributed by atoms with Crippen LogP contribution in [0, 0.1) is 5.82 Å². The van der Waals surface area contributed by atoms with Crippen molar-refractivity contribution in [1.82, 2.24) is 4.90 Å². The minimum atomic E-state index is -0.219. The van der Waals surface area contributed by atoms with E-state index in [0.29, 0.717) is 6.54 Å². The second kappa shape index (κ2) is 5.12. The van der Waals surface area contributed by atoms with E-state index >= 15 is 0 Å². The fraction of sp³-hybridized carbons (Fsp3) is 0.500. The molecule has 15 heavy (non-hydrogen) atoms. The molecule has 0 atom stereocenters. The van der Waals surface area contributed by atoms with Crippen LogP contribution in [0.3, 0.4) is 0 Å². The van der Waals surface area contributed by atoms with Crippen molar-refractivity contribution >= 4 is 0 Å². The van der Waals surface area contributed by atoms with E-state index in [1.807, 2.05) is 32.8 Å². The van der Waals surface area contributed by atoms with E-state index in [0.717, 1.165) is 11.3 Å². The Hall–Kier alpha value is -1.09. The minimum absolute atomic E-state index is 0.108. The summed E-state index contributed by atoms with van der Waals surface area (Å²) in [5, 5.41) is 0. The Morgan fingerprint density at radius 1 is 1.33 bits per heavy atom. The van der Waals surface area contributed by atoms with Gasteiger partial charge in [-0.15, -0.1) is 0 Å². The molecule has 0 radical (unpaired) electrons. The molecular formula is C12H18FNO. The Kier molecular flexibility index (Phi) is 4.09. The summed E-state index contributed by atoms with van der Waals surface area (Å²) in [5.41, 5.74) is 0.883. The third kappa shape index (κ3) is 3.88. The maximum Gasteiger partial charge on any atom is 0.124 e. The van der Waals surface area contributed by atoms with Crippen molar-refractivity contribution in [2.45, 2.75) is 26.5 Å².